The van der Waals surface area contributed by atoms with E-state index in [0.717, 1.165) is 31.8 Å². The van der Waals surface area contributed by atoms with Gasteiger partial charge in [0.2, 0.25) is 0 Å². The summed E-state index contributed by atoms with van der Waals surface area (Å²) in [6, 6.07) is 2.25. The summed E-state index contributed by atoms with van der Waals surface area (Å²) in [5.41, 5.74) is 1.22. The molecule has 17 heavy (non-hydrogen) atoms. The van der Waals surface area contributed by atoms with Gasteiger partial charge < -0.3 is 9.80 Å². The monoisotopic (exact) mass is 252 g/mol. The molecule has 94 valence electrons. The Morgan fingerprint density at radius 2 is 2.24 bits per heavy atom. The molecule has 0 atom stereocenters. The van der Waals surface area contributed by atoms with Crippen LogP contribution in [0.25, 0.3) is 0 Å². The van der Waals surface area contributed by atoms with E-state index >= 15 is 0 Å². The number of amides is 2. The highest BCUT2D eigenvalue weighted by molar-refractivity contribution is 7.07. The summed E-state index contributed by atoms with van der Waals surface area (Å²) in [6.07, 6.45) is 2.27. The molecule has 1 saturated heterocycles. The number of carbonyl (C=O) groups excluding carboxylic acids is 1. The van der Waals surface area contributed by atoms with E-state index in [0.29, 0.717) is 6.54 Å². The van der Waals surface area contributed by atoms with Crippen molar-refractivity contribution >= 4 is 17.4 Å². The SMILES string of the molecule is CC1CCN(C(=O)N(C)Cc2ccsc2)CC1. The first-order valence-corrected chi connectivity index (χ1v) is 7.12. The molecule has 2 heterocycles. The number of hydrogen-bond acceptors (Lipinski definition) is 2. The number of carbonyl (C=O) groups is 1. The van der Waals surface area contributed by atoms with Gasteiger partial charge in [-0.2, -0.15) is 11.3 Å². The van der Waals surface area contributed by atoms with Crippen LogP contribution in [0, 0.1) is 5.92 Å². The Balaban J connectivity index is 1.86. The van der Waals surface area contributed by atoms with Gasteiger partial charge in [0.25, 0.3) is 0 Å². The molecule has 1 aliphatic heterocycles. The van der Waals surface area contributed by atoms with E-state index < -0.39 is 0 Å². The first-order chi connectivity index (χ1) is 8.16. The van der Waals surface area contributed by atoms with Crippen molar-refractivity contribution in [2.24, 2.45) is 5.92 Å². The van der Waals surface area contributed by atoms with Crippen molar-refractivity contribution < 1.29 is 4.79 Å². The lowest BCUT2D eigenvalue weighted by atomic mass is 10.00. The van der Waals surface area contributed by atoms with Crippen LogP contribution in [0.1, 0.15) is 25.3 Å². The van der Waals surface area contributed by atoms with Crippen molar-refractivity contribution in [2.75, 3.05) is 20.1 Å². The van der Waals surface area contributed by atoms with Crippen LogP contribution < -0.4 is 0 Å². The van der Waals surface area contributed by atoms with E-state index in [4.69, 9.17) is 0 Å². The van der Waals surface area contributed by atoms with Crippen LogP contribution in [0.15, 0.2) is 16.8 Å². The van der Waals surface area contributed by atoms with Crippen molar-refractivity contribution in [1.29, 1.82) is 0 Å². The van der Waals surface area contributed by atoms with Crippen molar-refractivity contribution in [3.63, 3.8) is 0 Å². The molecule has 0 bridgehead atoms. The number of hydrogen-bond donors (Lipinski definition) is 0. The van der Waals surface area contributed by atoms with E-state index in [1.165, 1.54) is 5.56 Å². The van der Waals surface area contributed by atoms with Gasteiger partial charge in [0.15, 0.2) is 0 Å². The smallest absolute Gasteiger partial charge is 0.320 e. The Labute approximate surface area is 107 Å². The van der Waals surface area contributed by atoms with Gasteiger partial charge in [0, 0.05) is 26.7 Å². The standard InChI is InChI=1S/C13H20N2OS/c1-11-3-6-15(7-4-11)13(16)14(2)9-12-5-8-17-10-12/h5,8,10-11H,3-4,6-7,9H2,1-2H3. The summed E-state index contributed by atoms with van der Waals surface area (Å²) in [5, 5.41) is 4.15. The minimum atomic E-state index is 0.170. The molecule has 0 N–H and O–H groups in total. The van der Waals surface area contributed by atoms with E-state index in [-0.39, 0.29) is 6.03 Å². The van der Waals surface area contributed by atoms with Crippen LogP contribution in [0.4, 0.5) is 4.79 Å². The summed E-state index contributed by atoms with van der Waals surface area (Å²) in [6.45, 7) is 4.80. The van der Waals surface area contributed by atoms with Crippen molar-refractivity contribution in [1.82, 2.24) is 9.80 Å². The average Bonchev–Trinajstić information content (AvgIpc) is 2.82. The van der Waals surface area contributed by atoms with Crippen LogP contribution in [-0.4, -0.2) is 36.0 Å². The van der Waals surface area contributed by atoms with E-state index in [9.17, 15) is 4.79 Å². The summed E-state index contributed by atoms with van der Waals surface area (Å²) in [7, 11) is 1.89. The summed E-state index contributed by atoms with van der Waals surface area (Å²) in [4.78, 5) is 16.0. The van der Waals surface area contributed by atoms with Crippen molar-refractivity contribution in [2.45, 2.75) is 26.3 Å². The third kappa shape index (κ3) is 3.22. The molecule has 0 spiro atoms. The molecule has 0 aromatic carbocycles. The Hall–Kier alpha value is -1.03. The minimum absolute atomic E-state index is 0.170. The first-order valence-electron chi connectivity index (χ1n) is 6.18. The quantitative estimate of drug-likeness (QED) is 0.793. The van der Waals surface area contributed by atoms with Gasteiger partial charge >= 0.3 is 6.03 Å². The van der Waals surface area contributed by atoms with Gasteiger partial charge in [-0.1, -0.05) is 6.92 Å². The molecule has 0 unspecified atom stereocenters. The second-order valence-corrected chi connectivity index (χ2v) is 5.72. The van der Waals surface area contributed by atoms with Crippen LogP contribution in [-0.2, 0) is 6.54 Å². The Morgan fingerprint density at radius 1 is 1.53 bits per heavy atom. The Bertz CT molecular complexity index is 356. The van der Waals surface area contributed by atoms with Gasteiger partial charge in [0.1, 0.15) is 0 Å². The van der Waals surface area contributed by atoms with Gasteiger partial charge in [0.05, 0.1) is 0 Å². The summed E-state index contributed by atoms with van der Waals surface area (Å²) < 4.78 is 0. The lowest BCUT2D eigenvalue weighted by Crippen LogP contribution is -2.44. The van der Waals surface area contributed by atoms with Crippen LogP contribution in [0.5, 0.6) is 0 Å². The first kappa shape index (κ1) is 12.4. The maximum absolute atomic E-state index is 12.2. The average molecular weight is 252 g/mol. The van der Waals surface area contributed by atoms with Gasteiger partial charge in [-0.25, -0.2) is 4.79 Å². The lowest BCUT2D eigenvalue weighted by Gasteiger charge is -2.33. The molecular weight excluding hydrogens is 232 g/mol. The predicted molar refractivity (Wildman–Crippen MR) is 71.2 cm³/mol. The largest absolute Gasteiger partial charge is 0.325 e. The normalized spacial score (nSPS) is 17.2. The molecule has 4 heteroatoms. The zero-order valence-electron chi connectivity index (χ0n) is 10.6. The van der Waals surface area contributed by atoms with E-state index in [1.807, 2.05) is 16.8 Å². The minimum Gasteiger partial charge on any atom is -0.325 e. The number of rotatable bonds is 2. The number of likely N-dealkylation sites (tertiary alicyclic amines) is 1. The number of piperidine rings is 1. The summed E-state index contributed by atoms with van der Waals surface area (Å²) >= 11 is 1.68. The molecule has 0 aliphatic carbocycles. The van der Waals surface area contributed by atoms with E-state index in [2.05, 4.69) is 23.8 Å². The third-order valence-electron chi connectivity index (χ3n) is 3.38. The highest BCUT2D eigenvalue weighted by atomic mass is 32.1. The number of urea groups is 1. The highest BCUT2D eigenvalue weighted by Crippen LogP contribution is 2.18. The molecule has 3 nitrogen and oxygen atoms in total. The fourth-order valence-electron chi connectivity index (χ4n) is 2.17. The second-order valence-electron chi connectivity index (χ2n) is 4.94. The lowest BCUT2D eigenvalue weighted by molar-refractivity contribution is 0.141. The molecule has 1 aliphatic rings. The molecule has 1 fully saturated rings. The van der Waals surface area contributed by atoms with E-state index in [1.54, 1.807) is 11.3 Å². The molecule has 2 rings (SSSR count). The molecule has 1 aromatic heterocycles. The van der Waals surface area contributed by atoms with Gasteiger partial charge in [-0.3, -0.25) is 0 Å². The maximum atomic E-state index is 12.2. The Morgan fingerprint density at radius 3 is 2.82 bits per heavy atom. The van der Waals surface area contributed by atoms with Crippen LogP contribution in [0.2, 0.25) is 0 Å². The molecular formula is C13H20N2OS. The predicted octanol–water partition coefficient (Wildman–Crippen LogP) is 3.03. The number of thiophene rings is 1. The third-order valence-corrected chi connectivity index (χ3v) is 4.11. The fourth-order valence-corrected chi connectivity index (χ4v) is 2.83. The van der Waals surface area contributed by atoms with Crippen molar-refractivity contribution in [3.8, 4) is 0 Å². The highest BCUT2D eigenvalue weighted by Gasteiger charge is 2.22. The Kier molecular flexibility index (Phi) is 4.05. The molecule has 0 saturated carbocycles. The maximum Gasteiger partial charge on any atom is 0.320 e. The molecule has 1 aromatic rings. The van der Waals surface area contributed by atoms with Gasteiger partial charge in [-0.15, -0.1) is 0 Å². The zero-order chi connectivity index (χ0) is 12.3. The number of nitrogens with zero attached hydrogens (tertiary/aromatic N) is 2. The summed E-state index contributed by atoms with van der Waals surface area (Å²) in [5.74, 6) is 0.765. The van der Waals surface area contributed by atoms with Gasteiger partial charge in [-0.05, 0) is 41.1 Å². The second kappa shape index (κ2) is 5.54. The zero-order valence-corrected chi connectivity index (χ0v) is 11.4. The fraction of sp³-hybridized carbons (Fsp3) is 0.615. The molecule has 0 radical (unpaired) electrons. The molecule has 2 amide bonds. The topological polar surface area (TPSA) is 23.6 Å². The van der Waals surface area contributed by atoms with Crippen LogP contribution >= 0.6 is 11.3 Å². The van der Waals surface area contributed by atoms with Crippen LogP contribution in [0.3, 0.4) is 0 Å². The van der Waals surface area contributed by atoms with Crippen molar-refractivity contribution in [3.05, 3.63) is 22.4 Å².